The minimum atomic E-state index is 0.467. The summed E-state index contributed by atoms with van der Waals surface area (Å²) in [4.78, 5) is 2.26. The van der Waals surface area contributed by atoms with Gasteiger partial charge < -0.3 is 9.64 Å². The SMILES string of the molecule is Cc1nn(C)c(N2CCCOc3ccccc32)c1CCl. The molecule has 0 unspecified atom stereocenters. The summed E-state index contributed by atoms with van der Waals surface area (Å²) in [5.41, 5.74) is 3.16. The molecule has 0 N–H and O–H groups in total. The van der Waals surface area contributed by atoms with Gasteiger partial charge in [0.2, 0.25) is 0 Å². The summed E-state index contributed by atoms with van der Waals surface area (Å²) in [6.45, 7) is 3.64. The highest BCUT2D eigenvalue weighted by molar-refractivity contribution is 6.17. The lowest BCUT2D eigenvalue weighted by Gasteiger charge is -2.24. The molecule has 0 radical (unpaired) electrons. The standard InChI is InChI=1S/C15H18ClN3O/c1-11-12(10-16)15(18(2)17-11)19-8-5-9-20-14-7-4-3-6-13(14)19/h3-4,6-7H,5,8-10H2,1-2H3. The first-order chi connectivity index (χ1) is 9.72. The van der Waals surface area contributed by atoms with Crippen LogP contribution in [-0.4, -0.2) is 22.9 Å². The van der Waals surface area contributed by atoms with Crippen molar-refractivity contribution >= 4 is 23.1 Å². The van der Waals surface area contributed by atoms with E-state index in [0.717, 1.165) is 48.1 Å². The van der Waals surface area contributed by atoms with E-state index >= 15 is 0 Å². The highest BCUT2D eigenvalue weighted by Gasteiger charge is 2.24. The Bertz CT molecular complexity index is 624. The Morgan fingerprint density at radius 2 is 2.15 bits per heavy atom. The summed E-state index contributed by atoms with van der Waals surface area (Å²) in [6.07, 6.45) is 0.973. The third kappa shape index (κ3) is 2.14. The number of halogens is 1. The quantitative estimate of drug-likeness (QED) is 0.795. The van der Waals surface area contributed by atoms with E-state index in [4.69, 9.17) is 16.3 Å². The highest BCUT2D eigenvalue weighted by atomic mass is 35.5. The highest BCUT2D eigenvalue weighted by Crippen LogP contribution is 2.38. The summed E-state index contributed by atoms with van der Waals surface area (Å²) >= 11 is 6.13. The Labute approximate surface area is 123 Å². The maximum Gasteiger partial charge on any atom is 0.142 e. The second-order valence-corrected chi connectivity index (χ2v) is 5.23. The molecule has 5 heteroatoms. The smallest absolute Gasteiger partial charge is 0.142 e. The number of ether oxygens (including phenoxy) is 1. The minimum absolute atomic E-state index is 0.467. The molecule has 1 aliphatic rings. The lowest BCUT2D eigenvalue weighted by Crippen LogP contribution is -2.21. The Balaban J connectivity index is 2.15. The third-order valence-electron chi connectivity index (χ3n) is 3.64. The largest absolute Gasteiger partial charge is 0.491 e. The molecule has 0 bridgehead atoms. The fourth-order valence-electron chi connectivity index (χ4n) is 2.73. The van der Waals surface area contributed by atoms with E-state index in [-0.39, 0.29) is 0 Å². The van der Waals surface area contributed by atoms with Gasteiger partial charge in [0, 0.05) is 19.2 Å². The Morgan fingerprint density at radius 1 is 1.35 bits per heavy atom. The van der Waals surface area contributed by atoms with E-state index in [1.54, 1.807) is 0 Å². The Kier molecular flexibility index (Phi) is 3.57. The van der Waals surface area contributed by atoms with Gasteiger partial charge in [0.25, 0.3) is 0 Å². The van der Waals surface area contributed by atoms with Crippen molar-refractivity contribution in [3.8, 4) is 5.75 Å². The minimum Gasteiger partial charge on any atom is -0.491 e. The summed E-state index contributed by atoms with van der Waals surface area (Å²) in [5.74, 6) is 2.45. The second-order valence-electron chi connectivity index (χ2n) is 4.97. The molecule has 1 aromatic carbocycles. The molecule has 20 heavy (non-hydrogen) atoms. The lowest BCUT2D eigenvalue weighted by molar-refractivity contribution is 0.322. The van der Waals surface area contributed by atoms with Crippen LogP contribution in [0.15, 0.2) is 24.3 Å². The molecule has 4 nitrogen and oxygen atoms in total. The van der Waals surface area contributed by atoms with Crippen molar-refractivity contribution in [3.63, 3.8) is 0 Å². The monoisotopic (exact) mass is 291 g/mol. The van der Waals surface area contributed by atoms with E-state index in [9.17, 15) is 0 Å². The fourth-order valence-corrected chi connectivity index (χ4v) is 3.04. The first-order valence-corrected chi connectivity index (χ1v) is 7.33. The van der Waals surface area contributed by atoms with Gasteiger partial charge in [0.1, 0.15) is 11.6 Å². The number of benzene rings is 1. The topological polar surface area (TPSA) is 30.3 Å². The molecule has 106 valence electrons. The van der Waals surface area contributed by atoms with Gasteiger partial charge in [0.05, 0.1) is 23.9 Å². The lowest BCUT2D eigenvalue weighted by atomic mass is 10.2. The number of anilines is 2. The third-order valence-corrected chi connectivity index (χ3v) is 3.91. The molecule has 3 rings (SSSR count). The molecule has 2 aromatic rings. The zero-order valence-electron chi connectivity index (χ0n) is 11.8. The number of fused-ring (bicyclic) bond motifs is 1. The molecule has 0 spiro atoms. The summed E-state index contributed by atoms with van der Waals surface area (Å²) in [7, 11) is 1.97. The normalized spacial score (nSPS) is 14.7. The number of aromatic nitrogens is 2. The first-order valence-electron chi connectivity index (χ1n) is 6.80. The van der Waals surface area contributed by atoms with Crippen molar-refractivity contribution < 1.29 is 4.74 Å². The van der Waals surface area contributed by atoms with Gasteiger partial charge in [-0.15, -0.1) is 11.6 Å². The van der Waals surface area contributed by atoms with Gasteiger partial charge in [-0.3, -0.25) is 4.68 Å². The second kappa shape index (κ2) is 5.37. The van der Waals surface area contributed by atoms with E-state index in [1.807, 2.05) is 36.9 Å². The van der Waals surface area contributed by atoms with Crippen LogP contribution in [0.2, 0.25) is 0 Å². The van der Waals surface area contributed by atoms with Crippen molar-refractivity contribution in [1.29, 1.82) is 0 Å². The van der Waals surface area contributed by atoms with E-state index in [2.05, 4.69) is 16.1 Å². The average molecular weight is 292 g/mol. The van der Waals surface area contributed by atoms with E-state index in [1.165, 1.54) is 0 Å². The van der Waals surface area contributed by atoms with Crippen LogP contribution < -0.4 is 9.64 Å². The molecule has 0 amide bonds. The maximum absolute atomic E-state index is 6.13. The molecule has 0 aliphatic carbocycles. The van der Waals surface area contributed by atoms with Crippen LogP contribution in [0.4, 0.5) is 11.5 Å². The average Bonchev–Trinajstić information content (AvgIpc) is 2.63. The van der Waals surface area contributed by atoms with Crippen LogP contribution in [-0.2, 0) is 12.9 Å². The van der Waals surface area contributed by atoms with Crippen LogP contribution in [0.3, 0.4) is 0 Å². The van der Waals surface area contributed by atoms with Crippen LogP contribution in [0.25, 0.3) is 0 Å². The maximum atomic E-state index is 6.13. The number of alkyl halides is 1. The molecule has 2 heterocycles. The van der Waals surface area contributed by atoms with Crippen molar-refractivity contribution in [2.45, 2.75) is 19.2 Å². The molecule has 1 aliphatic heterocycles. The number of nitrogens with zero attached hydrogens (tertiary/aromatic N) is 3. The number of para-hydroxylation sites is 2. The molecule has 0 fully saturated rings. The van der Waals surface area contributed by atoms with E-state index in [0.29, 0.717) is 5.88 Å². The van der Waals surface area contributed by atoms with Gasteiger partial charge >= 0.3 is 0 Å². The molecule has 0 saturated carbocycles. The van der Waals surface area contributed by atoms with E-state index < -0.39 is 0 Å². The van der Waals surface area contributed by atoms with Crippen molar-refractivity contribution in [3.05, 3.63) is 35.5 Å². The molecule has 1 aromatic heterocycles. The zero-order valence-corrected chi connectivity index (χ0v) is 12.5. The number of rotatable bonds is 2. The van der Waals surface area contributed by atoms with Gasteiger partial charge in [-0.25, -0.2) is 0 Å². The van der Waals surface area contributed by atoms with Gasteiger partial charge in [-0.1, -0.05) is 12.1 Å². The predicted octanol–water partition coefficient (Wildman–Crippen LogP) is 3.39. The zero-order chi connectivity index (χ0) is 14.1. The van der Waals surface area contributed by atoms with Crippen LogP contribution >= 0.6 is 11.6 Å². The van der Waals surface area contributed by atoms with Gasteiger partial charge in [-0.05, 0) is 25.5 Å². The van der Waals surface area contributed by atoms with Crippen LogP contribution in [0.1, 0.15) is 17.7 Å². The first kappa shape index (κ1) is 13.3. The summed E-state index contributed by atoms with van der Waals surface area (Å²) in [6, 6.07) is 8.13. The van der Waals surface area contributed by atoms with Crippen molar-refractivity contribution in [2.75, 3.05) is 18.1 Å². The van der Waals surface area contributed by atoms with Crippen molar-refractivity contribution in [1.82, 2.24) is 9.78 Å². The molecule has 0 saturated heterocycles. The van der Waals surface area contributed by atoms with Gasteiger partial charge in [-0.2, -0.15) is 5.10 Å². The molecular formula is C15H18ClN3O. The number of aryl methyl sites for hydroxylation is 2. The fraction of sp³-hybridized carbons (Fsp3) is 0.400. The van der Waals surface area contributed by atoms with Gasteiger partial charge in [0.15, 0.2) is 0 Å². The number of hydrogen-bond acceptors (Lipinski definition) is 3. The summed E-state index contributed by atoms with van der Waals surface area (Å²) < 4.78 is 7.73. The Morgan fingerprint density at radius 3 is 2.95 bits per heavy atom. The predicted molar refractivity (Wildman–Crippen MR) is 81.1 cm³/mol. The summed E-state index contributed by atoms with van der Waals surface area (Å²) in [5, 5.41) is 4.51. The van der Waals surface area contributed by atoms with Crippen LogP contribution in [0.5, 0.6) is 5.75 Å². The van der Waals surface area contributed by atoms with Crippen LogP contribution in [0, 0.1) is 6.92 Å². The molecule has 0 atom stereocenters. The van der Waals surface area contributed by atoms with Crippen molar-refractivity contribution in [2.24, 2.45) is 7.05 Å². The Hall–Kier alpha value is -1.68. The number of hydrogen-bond donors (Lipinski definition) is 0. The molecular weight excluding hydrogens is 274 g/mol.